The molecular weight excluding hydrogens is 326 g/mol. The molecule has 1 unspecified atom stereocenters. The molecule has 1 atom stereocenters. The standard InChI is InChI=1S/C21H23N3O2/c22-13-4-5-15-26-19-11-6-8-17(16-19)23-21(25)20-12-7-14-24(20)18-9-2-1-3-10-18/h1-3,6,8-11,16,20H,4-5,7,12,14-15H2,(H,23,25). The second kappa shape index (κ2) is 8.91. The molecule has 2 aromatic carbocycles. The molecule has 134 valence electrons. The monoisotopic (exact) mass is 349 g/mol. The van der Waals surface area contributed by atoms with Gasteiger partial charge >= 0.3 is 0 Å². The molecule has 5 heteroatoms. The average Bonchev–Trinajstić information content (AvgIpc) is 3.16. The van der Waals surface area contributed by atoms with E-state index in [1.54, 1.807) is 0 Å². The lowest BCUT2D eigenvalue weighted by atomic mass is 10.2. The maximum atomic E-state index is 12.8. The van der Waals surface area contributed by atoms with Gasteiger partial charge in [0, 0.05) is 30.4 Å². The molecule has 0 spiro atoms. The second-order valence-corrected chi connectivity index (χ2v) is 6.31. The van der Waals surface area contributed by atoms with E-state index in [-0.39, 0.29) is 11.9 Å². The quantitative estimate of drug-likeness (QED) is 0.768. The van der Waals surface area contributed by atoms with E-state index in [0.29, 0.717) is 25.2 Å². The third kappa shape index (κ3) is 4.54. The van der Waals surface area contributed by atoms with Crippen molar-refractivity contribution in [1.82, 2.24) is 0 Å². The Morgan fingerprint density at radius 3 is 2.88 bits per heavy atom. The van der Waals surface area contributed by atoms with Crippen LogP contribution in [-0.4, -0.2) is 25.1 Å². The second-order valence-electron chi connectivity index (χ2n) is 6.31. The number of anilines is 2. The fraction of sp³-hybridized carbons (Fsp3) is 0.333. The fourth-order valence-electron chi connectivity index (χ4n) is 3.20. The van der Waals surface area contributed by atoms with Crippen molar-refractivity contribution < 1.29 is 9.53 Å². The number of hydrogen-bond acceptors (Lipinski definition) is 4. The largest absolute Gasteiger partial charge is 0.493 e. The van der Waals surface area contributed by atoms with Gasteiger partial charge in [0.25, 0.3) is 0 Å². The van der Waals surface area contributed by atoms with Gasteiger partial charge in [0.2, 0.25) is 5.91 Å². The smallest absolute Gasteiger partial charge is 0.247 e. The van der Waals surface area contributed by atoms with Crippen LogP contribution in [0.4, 0.5) is 11.4 Å². The Hall–Kier alpha value is -3.00. The molecule has 1 saturated heterocycles. The van der Waals surface area contributed by atoms with Gasteiger partial charge in [0.1, 0.15) is 11.8 Å². The number of benzene rings is 2. The maximum Gasteiger partial charge on any atom is 0.247 e. The molecule has 1 amide bonds. The first-order valence-corrected chi connectivity index (χ1v) is 9.00. The number of nitrogens with one attached hydrogen (secondary N) is 1. The number of amides is 1. The summed E-state index contributed by atoms with van der Waals surface area (Å²) in [6.45, 7) is 1.39. The summed E-state index contributed by atoms with van der Waals surface area (Å²) in [4.78, 5) is 14.9. The van der Waals surface area contributed by atoms with Crippen LogP contribution in [0.5, 0.6) is 5.75 Å². The predicted molar refractivity (Wildman–Crippen MR) is 102 cm³/mol. The Morgan fingerprint density at radius 2 is 2.08 bits per heavy atom. The minimum atomic E-state index is -0.155. The first kappa shape index (κ1) is 17.8. The van der Waals surface area contributed by atoms with E-state index >= 15 is 0 Å². The Balaban J connectivity index is 1.61. The van der Waals surface area contributed by atoms with Crippen molar-refractivity contribution in [2.24, 2.45) is 0 Å². The van der Waals surface area contributed by atoms with Crippen LogP contribution in [0.2, 0.25) is 0 Å². The van der Waals surface area contributed by atoms with Crippen molar-refractivity contribution in [3.8, 4) is 11.8 Å². The van der Waals surface area contributed by atoms with Crippen molar-refractivity contribution in [3.63, 3.8) is 0 Å². The maximum absolute atomic E-state index is 12.8. The van der Waals surface area contributed by atoms with Gasteiger partial charge in [-0.25, -0.2) is 0 Å². The minimum absolute atomic E-state index is 0.00739. The van der Waals surface area contributed by atoms with E-state index in [2.05, 4.69) is 16.3 Å². The number of ether oxygens (including phenoxy) is 1. The third-order valence-corrected chi connectivity index (χ3v) is 4.45. The number of para-hydroxylation sites is 1. The molecule has 0 radical (unpaired) electrons. The molecule has 1 aliphatic rings. The Bertz CT molecular complexity index is 770. The molecule has 1 N–H and O–H groups in total. The summed E-state index contributed by atoms with van der Waals surface area (Å²) in [5.74, 6) is 0.708. The molecule has 5 nitrogen and oxygen atoms in total. The molecular formula is C21H23N3O2. The number of nitriles is 1. The van der Waals surface area contributed by atoms with Crippen LogP contribution in [0.1, 0.15) is 25.7 Å². The van der Waals surface area contributed by atoms with E-state index < -0.39 is 0 Å². The van der Waals surface area contributed by atoms with Crippen molar-refractivity contribution in [1.29, 1.82) is 5.26 Å². The van der Waals surface area contributed by atoms with Crippen molar-refractivity contribution in [2.75, 3.05) is 23.4 Å². The number of hydrogen-bond donors (Lipinski definition) is 1. The van der Waals surface area contributed by atoms with Crippen LogP contribution < -0.4 is 15.0 Å². The molecule has 0 saturated carbocycles. The van der Waals surface area contributed by atoms with E-state index in [9.17, 15) is 4.79 Å². The van der Waals surface area contributed by atoms with Crippen LogP contribution in [0.15, 0.2) is 54.6 Å². The topological polar surface area (TPSA) is 65.4 Å². The lowest BCUT2D eigenvalue weighted by Gasteiger charge is -2.26. The van der Waals surface area contributed by atoms with Gasteiger partial charge in [-0.3, -0.25) is 4.79 Å². The molecule has 1 aliphatic heterocycles. The van der Waals surface area contributed by atoms with Gasteiger partial charge in [-0.05, 0) is 43.5 Å². The van der Waals surface area contributed by atoms with Gasteiger partial charge in [0.05, 0.1) is 12.7 Å². The van der Waals surface area contributed by atoms with Crippen LogP contribution in [0.3, 0.4) is 0 Å². The SMILES string of the molecule is N#CCCCOc1cccc(NC(=O)C2CCCN2c2ccccc2)c1. The van der Waals surface area contributed by atoms with Crippen molar-refractivity contribution in [3.05, 3.63) is 54.6 Å². The Morgan fingerprint density at radius 1 is 1.23 bits per heavy atom. The molecule has 3 rings (SSSR count). The minimum Gasteiger partial charge on any atom is -0.493 e. The highest BCUT2D eigenvalue weighted by molar-refractivity contribution is 5.97. The lowest BCUT2D eigenvalue weighted by molar-refractivity contribution is -0.117. The van der Waals surface area contributed by atoms with Gasteiger partial charge in [-0.2, -0.15) is 5.26 Å². The third-order valence-electron chi connectivity index (χ3n) is 4.45. The van der Waals surface area contributed by atoms with Crippen molar-refractivity contribution in [2.45, 2.75) is 31.7 Å². The van der Waals surface area contributed by atoms with Gasteiger partial charge in [0.15, 0.2) is 0 Å². The van der Waals surface area contributed by atoms with E-state index in [1.807, 2.05) is 54.6 Å². The summed E-state index contributed by atoms with van der Waals surface area (Å²) < 4.78 is 5.63. The number of carbonyl (C=O) groups excluding carboxylic acids is 1. The first-order valence-electron chi connectivity index (χ1n) is 9.00. The summed E-state index contributed by atoms with van der Waals surface area (Å²) in [5, 5.41) is 11.6. The predicted octanol–water partition coefficient (Wildman–Crippen LogP) is 3.98. The highest BCUT2D eigenvalue weighted by Gasteiger charge is 2.30. The van der Waals surface area contributed by atoms with Crippen LogP contribution in [0, 0.1) is 11.3 Å². The molecule has 0 aliphatic carbocycles. The number of nitrogens with zero attached hydrogens (tertiary/aromatic N) is 2. The normalized spacial score (nSPS) is 16.1. The zero-order valence-electron chi connectivity index (χ0n) is 14.7. The van der Waals surface area contributed by atoms with E-state index in [1.165, 1.54) is 0 Å². The van der Waals surface area contributed by atoms with Gasteiger partial charge < -0.3 is 15.0 Å². The summed E-state index contributed by atoms with van der Waals surface area (Å²) >= 11 is 0. The van der Waals surface area contributed by atoms with Gasteiger partial charge in [-0.1, -0.05) is 24.3 Å². The summed E-state index contributed by atoms with van der Waals surface area (Å²) in [6, 6.07) is 19.4. The molecule has 1 fully saturated rings. The number of unbranched alkanes of at least 4 members (excludes halogenated alkanes) is 1. The van der Waals surface area contributed by atoms with Gasteiger partial charge in [-0.15, -0.1) is 0 Å². The molecule has 2 aromatic rings. The van der Waals surface area contributed by atoms with E-state index in [0.717, 1.165) is 30.8 Å². The van der Waals surface area contributed by atoms with Crippen LogP contribution in [-0.2, 0) is 4.79 Å². The Kier molecular flexibility index (Phi) is 6.10. The average molecular weight is 349 g/mol. The zero-order valence-corrected chi connectivity index (χ0v) is 14.7. The summed E-state index contributed by atoms with van der Waals surface area (Å²) in [6.07, 6.45) is 3.04. The number of rotatable bonds is 7. The van der Waals surface area contributed by atoms with Crippen molar-refractivity contribution >= 4 is 17.3 Å². The van der Waals surface area contributed by atoms with Crippen LogP contribution in [0.25, 0.3) is 0 Å². The lowest BCUT2D eigenvalue weighted by Crippen LogP contribution is -2.39. The number of carbonyl (C=O) groups is 1. The molecule has 0 bridgehead atoms. The highest BCUT2D eigenvalue weighted by Crippen LogP contribution is 2.26. The molecule has 1 heterocycles. The summed E-state index contributed by atoms with van der Waals surface area (Å²) in [5.41, 5.74) is 1.81. The Labute approximate surface area is 154 Å². The zero-order chi connectivity index (χ0) is 18.2. The van der Waals surface area contributed by atoms with Crippen LogP contribution >= 0.6 is 0 Å². The molecule has 0 aromatic heterocycles. The fourth-order valence-corrected chi connectivity index (χ4v) is 3.20. The summed E-state index contributed by atoms with van der Waals surface area (Å²) in [7, 11) is 0. The van der Waals surface area contributed by atoms with E-state index in [4.69, 9.17) is 10.00 Å². The highest BCUT2D eigenvalue weighted by atomic mass is 16.5. The first-order chi connectivity index (χ1) is 12.8. The molecule has 26 heavy (non-hydrogen) atoms.